The van der Waals surface area contributed by atoms with Crippen LogP contribution >= 0.6 is 11.3 Å². The molecule has 1 aromatic carbocycles. The summed E-state index contributed by atoms with van der Waals surface area (Å²) in [5, 5.41) is 9.81. The van der Waals surface area contributed by atoms with Crippen LogP contribution in [-0.4, -0.2) is 25.5 Å². The minimum absolute atomic E-state index is 0.238. The Morgan fingerprint density at radius 1 is 1.21 bits per heavy atom. The summed E-state index contributed by atoms with van der Waals surface area (Å²) in [7, 11) is 0. The molecule has 0 unspecified atom stereocenters. The molecular weight excluding hydrogens is 370 g/mol. The predicted molar refractivity (Wildman–Crippen MR) is 110 cm³/mol. The minimum Gasteiger partial charge on any atom is -0.298 e. The molecular formula is C21H19N5OS. The average molecular weight is 389 g/mol. The van der Waals surface area contributed by atoms with E-state index >= 15 is 0 Å². The van der Waals surface area contributed by atoms with Gasteiger partial charge in [0.25, 0.3) is 5.91 Å². The molecule has 28 heavy (non-hydrogen) atoms. The van der Waals surface area contributed by atoms with Crippen LogP contribution in [0, 0.1) is 6.92 Å². The normalized spacial score (nSPS) is 13.5. The van der Waals surface area contributed by atoms with E-state index in [4.69, 9.17) is 0 Å². The van der Waals surface area contributed by atoms with Gasteiger partial charge >= 0.3 is 0 Å². The van der Waals surface area contributed by atoms with Crippen molar-refractivity contribution in [2.45, 2.75) is 32.6 Å². The number of thiazole rings is 1. The van der Waals surface area contributed by atoms with Crippen LogP contribution in [0.4, 0.5) is 5.13 Å². The van der Waals surface area contributed by atoms with Crippen LogP contribution in [-0.2, 0) is 12.8 Å². The quantitative estimate of drug-likeness (QED) is 0.567. The van der Waals surface area contributed by atoms with Crippen LogP contribution in [0.25, 0.3) is 16.9 Å². The molecule has 0 radical (unpaired) electrons. The van der Waals surface area contributed by atoms with E-state index in [-0.39, 0.29) is 5.91 Å². The predicted octanol–water partition coefficient (Wildman–Crippen LogP) is 4.29. The lowest BCUT2D eigenvalue weighted by Gasteiger charge is -2.16. The van der Waals surface area contributed by atoms with E-state index in [1.807, 2.05) is 12.3 Å². The third kappa shape index (κ3) is 2.97. The summed E-state index contributed by atoms with van der Waals surface area (Å²) in [6, 6.07) is 8.38. The van der Waals surface area contributed by atoms with Gasteiger partial charge in [-0.1, -0.05) is 12.1 Å². The first-order chi connectivity index (χ1) is 13.7. The lowest BCUT2D eigenvalue weighted by molar-refractivity contribution is 0.102. The van der Waals surface area contributed by atoms with Crippen molar-refractivity contribution < 1.29 is 4.79 Å². The van der Waals surface area contributed by atoms with E-state index in [1.165, 1.54) is 41.7 Å². The number of hydrogen-bond donors (Lipinski definition) is 1. The van der Waals surface area contributed by atoms with Crippen molar-refractivity contribution in [1.82, 2.24) is 19.6 Å². The molecule has 7 heteroatoms. The fourth-order valence-electron chi connectivity index (χ4n) is 3.78. The average Bonchev–Trinajstić information content (AvgIpc) is 3.31. The number of nitrogens with zero attached hydrogens (tertiary/aromatic N) is 4. The van der Waals surface area contributed by atoms with Gasteiger partial charge in [-0.25, -0.2) is 14.5 Å². The molecule has 6 nitrogen and oxygen atoms in total. The van der Waals surface area contributed by atoms with Crippen LogP contribution in [0.3, 0.4) is 0 Å². The minimum atomic E-state index is -0.238. The fraction of sp³-hybridized carbons (Fsp3) is 0.238. The number of hydrogen-bond acceptors (Lipinski definition) is 5. The van der Waals surface area contributed by atoms with Crippen molar-refractivity contribution in [1.29, 1.82) is 0 Å². The second-order valence-corrected chi connectivity index (χ2v) is 7.89. The molecule has 0 atom stereocenters. The molecule has 1 amide bonds. The first-order valence-corrected chi connectivity index (χ1v) is 10.3. The van der Waals surface area contributed by atoms with Gasteiger partial charge in [-0.2, -0.15) is 5.10 Å². The number of nitrogens with one attached hydrogen (secondary N) is 1. The molecule has 0 saturated carbocycles. The fourth-order valence-corrected chi connectivity index (χ4v) is 4.49. The Morgan fingerprint density at radius 2 is 2.07 bits per heavy atom. The maximum absolute atomic E-state index is 12.8. The lowest BCUT2D eigenvalue weighted by atomic mass is 9.90. The molecule has 140 valence electrons. The van der Waals surface area contributed by atoms with Gasteiger partial charge in [-0.05, 0) is 55.9 Å². The molecule has 4 aromatic rings. The number of aromatic nitrogens is 4. The SMILES string of the molecule is Cc1nn2cccnc2c1C(=O)Nc1nc(-c2ccc3c(c2)CCCC3)cs1. The van der Waals surface area contributed by atoms with Crippen LogP contribution in [0.5, 0.6) is 0 Å². The Bertz CT molecular complexity index is 1190. The Balaban J connectivity index is 1.41. The maximum atomic E-state index is 12.8. The largest absolute Gasteiger partial charge is 0.298 e. The van der Waals surface area contributed by atoms with Crippen molar-refractivity contribution in [3.05, 3.63) is 64.4 Å². The highest BCUT2D eigenvalue weighted by Gasteiger charge is 2.19. The monoisotopic (exact) mass is 389 g/mol. The summed E-state index contributed by atoms with van der Waals surface area (Å²) in [5.74, 6) is -0.238. The number of benzene rings is 1. The van der Waals surface area contributed by atoms with E-state index in [9.17, 15) is 4.79 Å². The van der Waals surface area contributed by atoms with E-state index in [0.717, 1.165) is 17.7 Å². The number of amides is 1. The molecule has 1 N–H and O–H groups in total. The standard InChI is InChI=1S/C21H19N5OS/c1-13-18(19-22-9-4-10-26(19)25-13)20(27)24-21-23-17(12-28-21)16-8-7-14-5-2-3-6-15(14)11-16/h4,7-12H,2-3,5-6H2,1H3,(H,23,24,27). The van der Waals surface area contributed by atoms with Gasteiger partial charge in [0, 0.05) is 23.3 Å². The number of rotatable bonds is 3. The second kappa shape index (κ2) is 6.83. The molecule has 1 aliphatic carbocycles. The molecule has 0 aliphatic heterocycles. The van der Waals surface area contributed by atoms with Crippen molar-refractivity contribution >= 4 is 28.0 Å². The molecule has 5 rings (SSSR count). The van der Waals surface area contributed by atoms with E-state index < -0.39 is 0 Å². The second-order valence-electron chi connectivity index (χ2n) is 7.03. The molecule has 3 heterocycles. The van der Waals surface area contributed by atoms with Crippen molar-refractivity contribution in [2.75, 3.05) is 5.32 Å². The van der Waals surface area contributed by atoms with E-state index in [0.29, 0.717) is 22.0 Å². The smallest absolute Gasteiger partial charge is 0.263 e. The maximum Gasteiger partial charge on any atom is 0.263 e. The number of carbonyl (C=O) groups is 1. The summed E-state index contributed by atoms with van der Waals surface area (Å²) in [6.45, 7) is 1.81. The van der Waals surface area contributed by atoms with Crippen LogP contribution < -0.4 is 5.32 Å². The molecule has 0 saturated heterocycles. The van der Waals surface area contributed by atoms with Gasteiger partial charge < -0.3 is 0 Å². The summed E-state index contributed by atoms with van der Waals surface area (Å²) < 4.78 is 1.62. The molecule has 0 fully saturated rings. The Hall–Kier alpha value is -3.06. The third-order valence-corrected chi connectivity index (χ3v) is 5.92. The van der Waals surface area contributed by atoms with Crippen LogP contribution in [0.15, 0.2) is 42.0 Å². The molecule has 0 spiro atoms. The van der Waals surface area contributed by atoms with Crippen LogP contribution in [0.1, 0.15) is 40.0 Å². The van der Waals surface area contributed by atoms with E-state index in [2.05, 4.69) is 38.6 Å². The van der Waals surface area contributed by atoms with Crippen LogP contribution in [0.2, 0.25) is 0 Å². The first-order valence-electron chi connectivity index (χ1n) is 9.38. The molecule has 0 bridgehead atoms. The highest BCUT2D eigenvalue weighted by molar-refractivity contribution is 7.14. The third-order valence-electron chi connectivity index (χ3n) is 5.17. The zero-order chi connectivity index (χ0) is 19.1. The van der Waals surface area contributed by atoms with Gasteiger partial charge in [0.05, 0.1) is 11.4 Å². The van der Waals surface area contributed by atoms with Gasteiger partial charge in [0.2, 0.25) is 0 Å². The summed E-state index contributed by atoms with van der Waals surface area (Å²) >= 11 is 1.43. The number of fused-ring (bicyclic) bond motifs is 2. The number of aryl methyl sites for hydroxylation is 3. The highest BCUT2D eigenvalue weighted by atomic mass is 32.1. The topological polar surface area (TPSA) is 72.2 Å². The summed E-state index contributed by atoms with van der Waals surface area (Å²) in [5.41, 5.74) is 6.54. The zero-order valence-corrected chi connectivity index (χ0v) is 16.3. The Labute approximate surface area is 166 Å². The molecule has 3 aromatic heterocycles. The highest BCUT2D eigenvalue weighted by Crippen LogP contribution is 2.30. The first kappa shape index (κ1) is 17.1. The van der Waals surface area contributed by atoms with Gasteiger partial charge in [-0.15, -0.1) is 11.3 Å². The van der Waals surface area contributed by atoms with Gasteiger partial charge in [0.15, 0.2) is 10.8 Å². The Morgan fingerprint density at radius 3 is 2.96 bits per heavy atom. The van der Waals surface area contributed by atoms with Crippen molar-refractivity contribution in [2.24, 2.45) is 0 Å². The summed E-state index contributed by atoms with van der Waals surface area (Å²) in [6.07, 6.45) is 8.27. The van der Waals surface area contributed by atoms with Crippen molar-refractivity contribution in [3.8, 4) is 11.3 Å². The lowest BCUT2D eigenvalue weighted by Crippen LogP contribution is -2.13. The molecule has 1 aliphatic rings. The van der Waals surface area contributed by atoms with Gasteiger partial charge in [-0.3, -0.25) is 10.1 Å². The van der Waals surface area contributed by atoms with Crippen molar-refractivity contribution in [3.63, 3.8) is 0 Å². The van der Waals surface area contributed by atoms with Gasteiger partial charge in [0.1, 0.15) is 5.56 Å². The van der Waals surface area contributed by atoms with E-state index in [1.54, 1.807) is 23.0 Å². The number of anilines is 1. The zero-order valence-electron chi connectivity index (χ0n) is 15.5. The number of carbonyl (C=O) groups excluding carboxylic acids is 1. The Kier molecular flexibility index (Phi) is 4.16. The summed E-state index contributed by atoms with van der Waals surface area (Å²) in [4.78, 5) is 21.7.